The van der Waals surface area contributed by atoms with Crippen LogP contribution in [-0.4, -0.2) is 42.3 Å². The Morgan fingerprint density at radius 3 is 2.20 bits per heavy atom. The minimum absolute atomic E-state index is 0.0151. The van der Waals surface area contributed by atoms with Crippen LogP contribution in [0.2, 0.25) is 0 Å². The third-order valence-electron chi connectivity index (χ3n) is 6.56. The molecule has 7 nitrogen and oxygen atoms in total. The minimum Gasteiger partial charge on any atom is -0.481 e. The van der Waals surface area contributed by atoms with Gasteiger partial charge in [-0.05, 0) is 41.5 Å². The van der Waals surface area contributed by atoms with E-state index in [1.165, 1.54) is 11.1 Å². The van der Waals surface area contributed by atoms with Crippen LogP contribution in [0, 0.1) is 5.92 Å². The Kier molecular flexibility index (Phi) is 9.70. The van der Waals surface area contributed by atoms with Crippen LogP contribution < -0.4 is 10.6 Å². The van der Waals surface area contributed by atoms with Crippen LogP contribution in [0.5, 0.6) is 0 Å². The van der Waals surface area contributed by atoms with E-state index in [4.69, 9.17) is 9.84 Å². The van der Waals surface area contributed by atoms with Crippen molar-refractivity contribution in [2.75, 3.05) is 13.2 Å². The molecular weight excluding hydrogens is 444 g/mol. The van der Waals surface area contributed by atoms with Crippen molar-refractivity contribution in [3.8, 4) is 11.1 Å². The maximum absolute atomic E-state index is 12.7. The first-order valence-electron chi connectivity index (χ1n) is 12.5. The zero-order valence-electron chi connectivity index (χ0n) is 20.6. The van der Waals surface area contributed by atoms with E-state index in [0.29, 0.717) is 25.8 Å². The molecule has 0 heterocycles. The van der Waals surface area contributed by atoms with Gasteiger partial charge in [0.05, 0.1) is 5.92 Å². The molecule has 35 heavy (non-hydrogen) atoms. The quantitative estimate of drug-likeness (QED) is 0.346. The van der Waals surface area contributed by atoms with Crippen LogP contribution in [0.15, 0.2) is 48.5 Å². The number of carboxylic acid groups (broad SMARTS) is 1. The predicted molar refractivity (Wildman–Crippen MR) is 135 cm³/mol. The highest BCUT2D eigenvalue weighted by molar-refractivity contribution is 5.79. The summed E-state index contributed by atoms with van der Waals surface area (Å²) < 4.78 is 5.64. The SMILES string of the molecule is CCCCC(CC(=O)NCCCC(C)C(=O)O)NC(=O)OCC1c2ccccc2-c2ccccc21. The number of hydrogen-bond acceptors (Lipinski definition) is 4. The molecule has 2 aromatic carbocycles. The average molecular weight is 481 g/mol. The molecule has 0 aliphatic heterocycles. The van der Waals surface area contributed by atoms with Gasteiger partial charge < -0.3 is 20.5 Å². The fourth-order valence-corrected chi connectivity index (χ4v) is 4.54. The van der Waals surface area contributed by atoms with Gasteiger partial charge in [-0.2, -0.15) is 0 Å². The van der Waals surface area contributed by atoms with Crippen molar-refractivity contribution in [2.45, 2.75) is 64.3 Å². The van der Waals surface area contributed by atoms with E-state index in [2.05, 4.69) is 41.8 Å². The molecule has 2 atom stereocenters. The normalized spacial score (nSPS) is 13.9. The third kappa shape index (κ3) is 7.31. The molecule has 3 N–H and O–H groups in total. The maximum atomic E-state index is 12.7. The highest BCUT2D eigenvalue weighted by atomic mass is 16.5. The van der Waals surface area contributed by atoms with Gasteiger partial charge in [-0.15, -0.1) is 0 Å². The molecule has 2 aromatic rings. The number of rotatable bonds is 13. The maximum Gasteiger partial charge on any atom is 0.407 e. The Morgan fingerprint density at radius 2 is 1.60 bits per heavy atom. The first-order chi connectivity index (χ1) is 16.9. The number of alkyl carbamates (subject to hydrolysis) is 1. The van der Waals surface area contributed by atoms with E-state index in [1.807, 2.05) is 24.3 Å². The first-order valence-corrected chi connectivity index (χ1v) is 12.5. The van der Waals surface area contributed by atoms with Gasteiger partial charge in [0.2, 0.25) is 5.91 Å². The predicted octanol–water partition coefficient (Wildman–Crippen LogP) is 5.09. The number of unbranched alkanes of at least 4 members (excludes halogenated alkanes) is 1. The van der Waals surface area contributed by atoms with Gasteiger partial charge in [-0.3, -0.25) is 9.59 Å². The molecule has 3 rings (SSSR count). The van der Waals surface area contributed by atoms with E-state index < -0.39 is 18.0 Å². The molecule has 0 radical (unpaired) electrons. The molecule has 0 saturated heterocycles. The molecule has 0 fully saturated rings. The van der Waals surface area contributed by atoms with Gasteiger partial charge >= 0.3 is 12.1 Å². The average Bonchev–Trinajstić information content (AvgIpc) is 3.17. The summed E-state index contributed by atoms with van der Waals surface area (Å²) in [4.78, 5) is 36.0. The number of hydrogen-bond donors (Lipinski definition) is 3. The largest absolute Gasteiger partial charge is 0.481 e. The van der Waals surface area contributed by atoms with E-state index >= 15 is 0 Å². The van der Waals surface area contributed by atoms with Gasteiger partial charge in [0, 0.05) is 24.9 Å². The zero-order valence-corrected chi connectivity index (χ0v) is 20.6. The van der Waals surface area contributed by atoms with Gasteiger partial charge in [0.1, 0.15) is 6.61 Å². The fourth-order valence-electron chi connectivity index (χ4n) is 4.54. The molecule has 188 valence electrons. The summed E-state index contributed by atoms with van der Waals surface area (Å²) in [5, 5.41) is 14.7. The number of amides is 2. The van der Waals surface area contributed by atoms with Crippen LogP contribution in [0.3, 0.4) is 0 Å². The van der Waals surface area contributed by atoms with E-state index in [-0.39, 0.29) is 30.9 Å². The highest BCUT2D eigenvalue weighted by Crippen LogP contribution is 2.44. The summed E-state index contributed by atoms with van der Waals surface area (Å²) in [6.45, 7) is 4.37. The Hall–Kier alpha value is -3.35. The molecule has 0 saturated carbocycles. The minimum atomic E-state index is -0.830. The number of carbonyl (C=O) groups is 3. The Labute approximate surface area is 207 Å². The highest BCUT2D eigenvalue weighted by Gasteiger charge is 2.29. The van der Waals surface area contributed by atoms with E-state index in [9.17, 15) is 14.4 Å². The second-order valence-electron chi connectivity index (χ2n) is 9.24. The van der Waals surface area contributed by atoms with Gasteiger partial charge in [0.15, 0.2) is 0 Å². The van der Waals surface area contributed by atoms with Crippen LogP contribution in [0.25, 0.3) is 11.1 Å². The van der Waals surface area contributed by atoms with Crippen LogP contribution in [0.1, 0.15) is 69.4 Å². The molecule has 0 aromatic heterocycles. The molecule has 1 aliphatic carbocycles. The van der Waals surface area contributed by atoms with Crippen LogP contribution in [-0.2, 0) is 14.3 Å². The Balaban J connectivity index is 1.50. The Bertz CT molecular complexity index is 976. The smallest absolute Gasteiger partial charge is 0.407 e. The first kappa shape index (κ1) is 26.3. The number of benzene rings is 2. The number of carboxylic acids is 1. The monoisotopic (exact) mass is 480 g/mol. The molecule has 2 unspecified atom stereocenters. The molecule has 7 heteroatoms. The topological polar surface area (TPSA) is 105 Å². The molecule has 0 spiro atoms. The van der Waals surface area contributed by atoms with Crippen LogP contribution >= 0.6 is 0 Å². The lowest BCUT2D eigenvalue weighted by Crippen LogP contribution is -2.40. The second kappa shape index (κ2) is 12.9. The lowest BCUT2D eigenvalue weighted by atomic mass is 9.98. The lowest BCUT2D eigenvalue weighted by Gasteiger charge is -2.20. The van der Waals surface area contributed by atoms with Crippen molar-refractivity contribution in [2.24, 2.45) is 5.92 Å². The summed E-state index contributed by atoms with van der Waals surface area (Å²) in [6, 6.07) is 16.1. The summed E-state index contributed by atoms with van der Waals surface area (Å²) in [7, 11) is 0. The van der Waals surface area contributed by atoms with Crippen molar-refractivity contribution in [3.63, 3.8) is 0 Å². The summed E-state index contributed by atoms with van der Waals surface area (Å²) in [5.74, 6) is -1.44. The zero-order chi connectivity index (χ0) is 25.2. The molecule has 0 bridgehead atoms. The van der Waals surface area contributed by atoms with E-state index in [0.717, 1.165) is 24.0 Å². The standard InChI is InChI=1S/C28H36N2O5/c1-3-4-11-20(17-26(31)29-16-9-10-19(2)27(32)33)30-28(34)35-18-25-23-14-7-5-12-21(23)22-13-6-8-15-24(22)25/h5-8,12-15,19-20,25H,3-4,9-11,16-18H2,1-2H3,(H,29,31)(H,30,34)(H,32,33). The summed E-state index contributed by atoms with van der Waals surface area (Å²) in [5.41, 5.74) is 4.65. The lowest BCUT2D eigenvalue weighted by molar-refractivity contribution is -0.141. The van der Waals surface area contributed by atoms with Crippen LogP contribution in [0.4, 0.5) is 4.79 Å². The molecule has 1 aliphatic rings. The second-order valence-corrected chi connectivity index (χ2v) is 9.24. The Morgan fingerprint density at radius 1 is 0.971 bits per heavy atom. The fraction of sp³-hybridized carbons (Fsp3) is 0.464. The number of nitrogens with one attached hydrogen (secondary N) is 2. The summed E-state index contributed by atoms with van der Waals surface area (Å²) >= 11 is 0. The van der Waals surface area contributed by atoms with Crippen molar-refractivity contribution < 1.29 is 24.2 Å². The third-order valence-corrected chi connectivity index (χ3v) is 6.56. The molecule has 2 amide bonds. The summed E-state index contributed by atoms with van der Waals surface area (Å²) in [6.07, 6.45) is 3.28. The van der Waals surface area contributed by atoms with Crippen molar-refractivity contribution >= 4 is 18.0 Å². The van der Waals surface area contributed by atoms with Gasteiger partial charge in [0.25, 0.3) is 0 Å². The number of carbonyl (C=O) groups excluding carboxylic acids is 2. The van der Waals surface area contributed by atoms with Gasteiger partial charge in [-0.1, -0.05) is 75.2 Å². The number of ether oxygens (including phenoxy) is 1. The van der Waals surface area contributed by atoms with Crippen molar-refractivity contribution in [1.29, 1.82) is 0 Å². The number of aliphatic carboxylic acids is 1. The van der Waals surface area contributed by atoms with Crippen molar-refractivity contribution in [1.82, 2.24) is 10.6 Å². The molecular formula is C28H36N2O5. The van der Waals surface area contributed by atoms with Gasteiger partial charge in [-0.25, -0.2) is 4.79 Å². The van der Waals surface area contributed by atoms with Crippen molar-refractivity contribution in [3.05, 3.63) is 59.7 Å². The number of fused-ring (bicyclic) bond motifs is 3. The van der Waals surface area contributed by atoms with E-state index in [1.54, 1.807) is 6.92 Å².